The molecule has 0 radical (unpaired) electrons. The molecular formula is C18H15ClN2O5S. The molecule has 1 amide bonds. The summed E-state index contributed by atoms with van der Waals surface area (Å²) < 4.78 is 16.3. The number of benzene rings is 1. The molecule has 0 fully saturated rings. The standard InChI is InChI=1S/C18H15ClN2O5S/c1-10(16(22)21-17-11(9-20)3-6-27-17)26-18(23)12-7-13(19)15-14(8-12)24-4-2-5-25-15/h3,6-8,10H,2,4-5H2,1H3,(H,21,22)/t10-/m0/s1. The Morgan fingerprint density at radius 1 is 1.37 bits per heavy atom. The Bertz CT molecular complexity index is 921. The number of hydrogen-bond donors (Lipinski definition) is 1. The Balaban J connectivity index is 1.69. The van der Waals surface area contributed by atoms with Crippen molar-refractivity contribution in [2.45, 2.75) is 19.4 Å². The number of carbonyl (C=O) groups is 2. The zero-order valence-corrected chi connectivity index (χ0v) is 15.9. The van der Waals surface area contributed by atoms with Crippen LogP contribution in [0.4, 0.5) is 5.00 Å². The number of nitrogens with one attached hydrogen (secondary N) is 1. The molecule has 7 nitrogen and oxygen atoms in total. The summed E-state index contributed by atoms with van der Waals surface area (Å²) >= 11 is 7.38. The van der Waals surface area contributed by atoms with Crippen LogP contribution in [-0.4, -0.2) is 31.2 Å². The van der Waals surface area contributed by atoms with Crippen molar-refractivity contribution in [2.75, 3.05) is 18.5 Å². The number of ether oxygens (including phenoxy) is 3. The first-order chi connectivity index (χ1) is 13.0. The van der Waals surface area contributed by atoms with E-state index in [1.165, 1.54) is 30.4 Å². The lowest BCUT2D eigenvalue weighted by molar-refractivity contribution is -0.123. The van der Waals surface area contributed by atoms with Gasteiger partial charge in [0.05, 0.1) is 29.4 Å². The van der Waals surface area contributed by atoms with Crippen LogP contribution in [-0.2, 0) is 9.53 Å². The van der Waals surface area contributed by atoms with E-state index in [1.54, 1.807) is 11.4 Å². The van der Waals surface area contributed by atoms with Gasteiger partial charge in [-0.15, -0.1) is 11.3 Å². The number of rotatable bonds is 4. The van der Waals surface area contributed by atoms with Crippen LogP contribution in [0, 0.1) is 11.3 Å². The number of nitriles is 1. The van der Waals surface area contributed by atoms with Crippen LogP contribution >= 0.6 is 22.9 Å². The maximum atomic E-state index is 12.4. The maximum Gasteiger partial charge on any atom is 0.339 e. The van der Waals surface area contributed by atoms with Crippen LogP contribution in [0.25, 0.3) is 0 Å². The number of anilines is 1. The van der Waals surface area contributed by atoms with E-state index in [4.69, 9.17) is 31.1 Å². The molecule has 0 bridgehead atoms. The van der Waals surface area contributed by atoms with Gasteiger partial charge in [-0.25, -0.2) is 4.79 Å². The number of hydrogen-bond acceptors (Lipinski definition) is 7. The molecule has 3 rings (SSSR count). The Morgan fingerprint density at radius 3 is 2.93 bits per heavy atom. The number of nitrogens with zero attached hydrogens (tertiary/aromatic N) is 1. The van der Waals surface area contributed by atoms with E-state index in [0.29, 0.717) is 41.7 Å². The van der Waals surface area contributed by atoms with Crippen molar-refractivity contribution in [3.63, 3.8) is 0 Å². The highest BCUT2D eigenvalue weighted by molar-refractivity contribution is 7.14. The molecule has 0 saturated heterocycles. The van der Waals surface area contributed by atoms with Gasteiger partial charge < -0.3 is 19.5 Å². The van der Waals surface area contributed by atoms with Gasteiger partial charge >= 0.3 is 5.97 Å². The second kappa shape index (κ2) is 8.29. The molecule has 2 aromatic rings. The van der Waals surface area contributed by atoms with Crippen molar-refractivity contribution in [2.24, 2.45) is 0 Å². The number of carbonyl (C=O) groups excluding carboxylic acids is 2. The molecule has 1 aliphatic heterocycles. The Hall–Kier alpha value is -2.76. The molecule has 0 spiro atoms. The molecule has 140 valence electrons. The van der Waals surface area contributed by atoms with Gasteiger partial charge in [0.2, 0.25) is 0 Å². The first kappa shape index (κ1) is 19.0. The number of amides is 1. The van der Waals surface area contributed by atoms with E-state index in [9.17, 15) is 9.59 Å². The van der Waals surface area contributed by atoms with Crippen molar-refractivity contribution >= 4 is 39.8 Å². The van der Waals surface area contributed by atoms with Gasteiger partial charge in [-0.3, -0.25) is 4.79 Å². The lowest BCUT2D eigenvalue weighted by Gasteiger charge is -2.15. The average Bonchev–Trinajstić information content (AvgIpc) is 2.95. The quantitative estimate of drug-likeness (QED) is 0.779. The molecule has 9 heteroatoms. The molecule has 0 unspecified atom stereocenters. The van der Waals surface area contributed by atoms with Gasteiger partial charge in [-0.1, -0.05) is 11.6 Å². The monoisotopic (exact) mass is 406 g/mol. The van der Waals surface area contributed by atoms with E-state index in [2.05, 4.69) is 5.32 Å². The van der Waals surface area contributed by atoms with Crippen LogP contribution in [0.2, 0.25) is 5.02 Å². The fourth-order valence-electron chi connectivity index (χ4n) is 2.34. The molecule has 0 aliphatic carbocycles. The second-order valence-corrected chi connectivity index (χ2v) is 6.97. The number of fused-ring (bicyclic) bond motifs is 1. The molecule has 1 N–H and O–H groups in total. The topological polar surface area (TPSA) is 97.7 Å². The minimum atomic E-state index is -1.07. The second-order valence-electron chi connectivity index (χ2n) is 5.65. The van der Waals surface area contributed by atoms with Crippen molar-refractivity contribution in [3.8, 4) is 17.6 Å². The molecule has 2 heterocycles. The lowest BCUT2D eigenvalue weighted by Crippen LogP contribution is -2.30. The van der Waals surface area contributed by atoms with Gasteiger partial charge in [0.25, 0.3) is 5.91 Å². The Labute approximate surface area is 164 Å². The minimum absolute atomic E-state index is 0.151. The van der Waals surface area contributed by atoms with E-state index >= 15 is 0 Å². The summed E-state index contributed by atoms with van der Waals surface area (Å²) in [6.07, 6.45) is -0.365. The van der Waals surface area contributed by atoms with E-state index in [0.717, 1.165) is 0 Å². The fourth-order valence-corrected chi connectivity index (χ4v) is 3.34. The van der Waals surface area contributed by atoms with Crippen molar-refractivity contribution in [3.05, 3.63) is 39.7 Å². The zero-order chi connectivity index (χ0) is 19.4. The predicted octanol–water partition coefficient (Wildman–Crippen LogP) is 3.62. The largest absolute Gasteiger partial charge is 0.489 e. The maximum absolute atomic E-state index is 12.4. The molecule has 1 aromatic heterocycles. The van der Waals surface area contributed by atoms with Gasteiger partial charge in [0.15, 0.2) is 17.6 Å². The summed E-state index contributed by atoms with van der Waals surface area (Å²) in [5.74, 6) is -0.510. The smallest absolute Gasteiger partial charge is 0.339 e. The highest BCUT2D eigenvalue weighted by Gasteiger charge is 2.23. The predicted molar refractivity (Wildman–Crippen MR) is 99.6 cm³/mol. The fraction of sp³-hybridized carbons (Fsp3) is 0.278. The molecule has 27 heavy (non-hydrogen) atoms. The lowest BCUT2D eigenvalue weighted by atomic mass is 10.2. The highest BCUT2D eigenvalue weighted by atomic mass is 35.5. The third kappa shape index (κ3) is 4.32. The molecule has 1 atom stereocenters. The Kier molecular flexibility index (Phi) is 5.84. The zero-order valence-electron chi connectivity index (χ0n) is 14.3. The first-order valence-corrected chi connectivity index (χ1v) is 9.34. The number of thiophene rings is 1. The summed E-state index contributed by atoms with van der Waals surface area (Å²) in [6.45, 7) is 2.36. The third-order valence-electron chi connectivity index (χ3n) is 3.71. The van der Waals surface area contributed by atoms with Crippen LogP contribution in [0.15, 0.2) is 23.6 Å². The minimum Gasteiger partial charge on any atom is -0.489 e. The molecule has 0 saturated carbocycles. The molecule has 1 aromatic carbocycles. The molecule has 1 aliphatic rings. The van der Waals surface area contributed by atoms with Gasteiger partial charge in [0.1, 0.15) is 11.1 Å². The number of esters is 1. The van der Waals surface area contributed by atoms with Crippen LogP contribution in [0.5, 0.6) is 11.5 Å². The summed E-state index contributed by atoms with van der Waals surface area (Å²) in [5, 5.41) is 13.9. The summed E-state index contributed by atoms with van der Waals surface area (Å²) in [5.41, 5.74) is 0.499. The summed E-state index contributed by atoms with van der Waals surface area (Å²) in [4.78, 5) is 24.6. The van der Waals surface area contributed by atoms with Gasteiger partial charge in [-0.05, 0) is 30.5 Å². The van der Waals surface area contributed by atoms with Gasteiger partial charge in [-0.2, -0.15) is 5.26 Å². The highest BCUT2D eigenvalue weighted by Crippen LogP contribution is 2.38. The Morgan fingerprint density at radius 2 is 2.15 bits per heavy atom. The first-order valence-electron chi connectivity index (χ1n) is 8.08. The van der Waals surface area contributed by atoms with E-state index in [-0.39, 0.29) is 10.6 Å². The third-order valence-corrected chi connectivity index (χ3v) is 4.82. The van der Waals surface area contributed by atoms with Crippen LogP contribution in [0.3, 0.4) is 0 Å². The average molecular weight is 407 g/mol. The van der Waals surface area contributed by atoms with Crippen molar-refractivity contribution in [1.82, 2.24) is 0 Å². The van der Waals surface area contributed by atoms with Crippen molar-refractivity contribution in [1.29, 1.82) is 5.26 Å². The normalized spacial score (nSPS) is 13.8. The summed E-state index contributed by atoms with van der Waals surface area (Å²) in [6, 6.07) is 6.46. The SMILES string of the molecule is C[C@H](OC(=O)c1cc(Cl)c2c(c1)OCCCO2)C(=O)Nc1sccc1C#N. The van der Waals surface area contributed by atoms with Crippen LogP contribution < -0.4 is 14.8 Å². The van der Waals surface area contributed by atoms with E-state index < -0.39 is 18.0 Å². The number of halogens is 1. The van der Waals surface area contributed by atoms with Gasteiger partial charge in [0, 0.05) is 6.42 Å². The van der Waals surface area contributed by atoms with Crippen molar-refractivity contribution < 1.29 is 23.8 Å². The van der Waals surface area contributed by atoms with E-state index in [1.807, 2.05) is 6.07 Å². The summed E-state index contributed by atoms with van der Waals surface area (Å²) in [7, 11) is 0. The van der Waals surface area contributed by atoms with Crippen LogP contribution in [0.1, 0.15) is 29.3 Å². The molecular weight excluding hydrogens is 392 g/mol.